The Labute approximate surface area is 123 Å². The topological polar surface area (TPSA) is 60.2 Å². The van der Waals surface area contributed by atoms with E-state index >= 15 is 0 Å². The molecule has 0 amide bonds. The first-order chi connectivity index (χ1) is 10.3. The standard InChI is InChI=1S/C16H19N3O2/c1-20-13-7-3-2-6-12(13)14-18-15(21-19-14)16-8-4-5-11(16)9-17-10-16/h2-3,6-7,11,17H,4-5,8-10H2,1H3/t11-,16-/m1/s1. The molecule has 0 spiro atoms. The molecule has 1 saturated heterocycles. The van der Waals surface area contributed by atoms with Crippen LogP contribution in [0.3, 0.4) is 0 Å². The Balaban J connectivity index is 1.73. The Hall–Kier alpha value is -1.88. The average Bonchev–Trinajstić information content (AvgIpc) is 3.21. The van der Waals surface area contributed by atoms with Gasteiger partial charge in [0, 0.05) is 6.54 Å². The lowest BCUT2D eigenvalue weighted by atomic mass is 9.80. The van der Waals surface area contributed by atoms with Gasteiger partial charge >= 0.3 is 0 Å². The first-order valence-corrected chi connectivity index (χ1v) is 7.52. The SMILES string of the molecule is COc1ccccc1-c1noc([C@@]23CCC[C@@H]2CNC3)n1. The molecule has 2 aromatic rings. The van der Waals surface area contributed by atoms with Crippen molar-refractivity contribution in [1.29, 1.82) is 0 Å². The average molecular weight is 285 g/mol. The number of nitrogens with one attached hydrogen (secondary N) is 1. The zero-order valence-electron chi connectivity index (χ0n) is 12.1. The number of fused-ring (bicyclic) bond motifs is 1. The molecule has 1 saturated carbocycles. The zero-order chi connectivity index (χ0) is 14.3. The molecule has 110 valence electrons. The number of benzene rings is 1. The summed E-state index contributed by atoms with van der Waals surface area (Å²) < 4.78 is 11.0. The second kappa shape index (κ2) is 4.84. The number of aromatic nitrogens is 2. The van der Waals surface area contributed by atoms with E-state index in [1.54, 1.807) is 7.11 Å². The van der Waals surface area contributed by atoms with E-state index in [0.29, 0.717) is 11.7 Å². The minimum absolute atomic E-state index is 0.0489. The molecule has 1 aliphatic carbocycles. The van der Waals surface area contributed by atoms with Crippen molar-refractivity contribution in [2.75, 3.05) is 20.2 Å². The molecule has 1 aromatic heterocycles. The van der Waals surface area contributed by atoms with E-state index in [9.17, 15) is 0 Å². The van der Waals surface area contributed by atoms with Crippen LogP contribution in [0.4, 0.5) is 0 Å². The van der Waals surface area contributed by atoms with Gasteiger partial charge < -0.3 is 14.6 Å². The van der Waals surface area contributed by atoms with Gasteiger partial charge in [0.05, 0.1) is 18.1 Å². The Morgan fingerprint density at radius 2 is 2.29 bits per heavy atom. The smallest absolute Gasteiger partial charge is 0.234 e. The van der Waals surface area contributed by atoms with E-state index in [2.05, 4.69) is 10.5 Å². The summed E-state index contributed by atoms with van der Waals surface area (Å²) in [6.45, 7) is 2.01. The van der Waals surface area contributed by atoms with Crippen LogP contribution in [0.2, 0.25) is 0 Å². The predicted octanol–water partition coefficient (Wildman–Crippen LogP) is 2.39. The first-order valence-electron chi connectivity index (χ1n) is 7.52. The minimum Gasteiger partial charge on any atom is -0.496 e. The molecule has 5 heteroatoms. The molecule has 2 fully saturated rings. The maximum absolute atomic E-state index is 5.65. The number of rotatable bonds is 3. The van der Waals surface area contributed by atoms with Crippen molar-refractivity contribution in [3.8, 4) is 17.1 Å². The van der Waals surface area contributed by atoms with Crippen LogP contribution >= 0.6 is 0 Å². The lowest BCUT2D eigenvalue weighted by Gasteiger charge is -2.22. The maximum Gasteiger partial charge on any atom is 0.234 e. The molecule has 2 aliphatic rings. The van der Waals surface area contributed by atoms with E-state index in [1.807, 2.05) is 24.3 Å². The van der Waals surface area contributed by atoms with Crippen LogP contribution in [0.15, 0.2) is 28.8 Å². The lowest BCUT2D eigenvalue weighted by Crippen LogP contribution is -2.31. The lowest BCUT2D eigenvalue weighted by molar-refractivity contribution is 0.265. The van der Waals surface area contributed by atoms with Crippen LogP contribution < -0.4 is 10.1 Å². The molecule has 0 bridgehead atoms. The monoisotopic (exact) mass is 285 g/mol. The van der Waals surface area contributed by atoms with Gasteiger partial charge in [0.25, 0.3) is 0 Å². The molecule has 1 aliphatic heterocycles. The van der Waals surface area contributed by atoms with Crippen LogP contribution in [0.5, 0.6) is 5.75 Å². The van der Waals surface area contributed by atoms with Gasteiger partial charge in [-0.3, -0.25) is 0 Å². The van der Waals surface area contributed by atoms with Gasteiger partial charge in [0.2, 0.25) is 11.7 Å². The number of ether oxygens (including phenoxy) is 1. The fraction of sp³-hybridized carbons (Fsp3) is 0.500. The van der Waals surface area contributed by atoms with Crippen LogP contribution in [-0.2, 0) is 5.41 Å². The Morgan fingerprint density at radius 3 is 3.19 bits per heavy atom. The molecule has 4 rings (SSSR count). The maximum atomic E-state index is 5.65. The second-order valence-electron chi connectivity index (χ2n) is 6.00. The van der Waals surface area contributed by atoms with E-state index < -0.39 is 0 Å². The highest BCUT2D eigenvalue weighted by molar-refractivity contribution is 5.63. The third kappa shape index (κ3) is 1.87. The third-order valence-electron chi connectivity index (χ3n) is 4.99. The molecule has 0 radical (unpaired) electrons. The highest BCUT2D eigenvalue weighted by Gasteiger charge is 2.51. The number of nitrogens with zero attached hydrogens (tertiary/aromatic N) is 2. The van der Waals surface area contributed by atoms with Crippen LogP contribution in [-0.4, -0.2) is 30.3 Å². The third-order valence-corrected chi connectivity index (χ3v) is 4.99. The predicted molar refractivity (Wildman–Crippen MR) is 78.2 cm³/mol. The van der Waals surface area contributed by atoms with Gasteiger partial charge in [0.1, 0.15) is 5.75 Å². The molecule has 2 atom stereocenters. The Bertz CT molecular complexity index is 642. The van der Waals surface area contributed by atoms with Crippen molar-refractivity contribution in [3.63, 3.8) is 0 Å². The number of methoxy groups -OCH3 is 1. The highest BCUT2D eigenvalue weighted by atomic mass is 16.5. The van der Waals surface area contributed by atoms with E-state index in [4.69, 9.17) is 14.2 Å². The Morgan fingerprint density at radius 1 is 1.38 bits per heavy atom. The summed E-state index contributed by atoms with van der Waals surface area (Å²) >= 11 is 0. The van der Waals surface area contributed by atoms with Gasteiger partial charge in [-0.25, -0.2) is 0 Å². The van der Waals surface area contributed by atoms with Gasteiger partial charge in [-0.2, -0.15) is 4.98 Å². The van der Waals surface area contributed by atoms with E-state index in [0.717, 1.165) is 36.7 Å². The van der Waals surface area contributed by atoms with Gasteiger partial charge in [-0.15, -0.1) is 0 Å². The summed E-state index contributed by atoms with van der Waals surface area (Å²) in [7, 11) is 1.66. The summed E-state index contributed by atoms with van der Waals surface area (Å²) in [4.78, 5) is 4.71. The van der Waals surface area contributed by atoms with Crippen molar-refractivity contribution in [3.05, 3.63) is 30.2 Å². The second-order valence-corrected chi connectivity index (χ2v) is 6.00. The molecule has 0 unspecified atom stereocenters. The quantitative estimate of drug-likeness (QED) is 0.938. The first kappa shape index (κ1) is 12.8. The molecule has 21 heavy (non-hydrogen) atoms. The normalized spacial score (nSPS) is 27.8. The van der Waals surface area contributed by atoms with Crippen molar-refractivity contribution in [1.82, 2.24) is 15.5 Å². The largest absolute Gasteiger partial charge is 0.496 e. The highest BCUT2D eigenvalue weighted by Crippen LogP contribution is 2.47. The molecule has 1 aromatic carbocycles. The molecule has 2 heterocycles. The van der Waals surface area contributed by atoms with Crippen LogP contribution in [0, 0.1) is 5.92 Å². The van der Waals surface area contributed by atoms with Crippen molar-refractivity contribution < 1.29 is 9.26 Å². The van der Waals surface area contributed by atoms with Gasteiger partial charge in [-0.1, -0.05) is 23.7 Å². The number of hydrogen-bond acceptors (Lipinski definition) is 5. The van der Waals surface area contributed by atoms with Crippen LogP contribution in [0.25, 0.3) is 11.4 Å². The fourth-order valence-electron chi connectivity index (χ4n) is 3.87. The zero-order valence-corrected chi connectivity index (χ0v) is 12.1. The van der Waals surface area contributed by atoms with Crippen molar-refractivity contribution in [2.24, 2.45) is 5.92 Å². The van der Waals surface area contributed by atoms with Crippen molar-refractivity contribution in [2.45, 2.75) is 24.7 Å². The summed E-state index contributed by atoms with van der Waals surface area (Å²) in [5.74, 6) is 2.81. The summed E-state index contributed by atoms with van der Waals surface area (Å²) in [5, 5.41) is 7.68. The van der Waals surface area contributed by atoms with E-state index in [-0.39, 0.29) is 5.41 Å². The van der Waals surface area contributed by atoms with Gasteiger partial charge in [-0.05, 0) is 37.4 Å². The number of hydrogen-bond donors (Lipinski definition) is 1. The van der Waals surface area contributed by atoms with Gasteiger partial charge in [0.15, 0.2) is 0 Å². The fourth-order valence-corrected chi connectivity index (χ4v) is 3.87. The molecule has 1 N–H and O–H groups in total. The molecular formula is C16H19N3O2. The van der Waals surface area contributed by atoms with Crippen molar-refractivity contribution >= 4 is 0 Å². The molecular weight excluding hydrogens is 266 g/mol. The molecule has 5 nitrogen and oxygen atoms in total. The van der Waals surface area contributed by atoms with Crippen LogP contribution in [0.1, 0.15) is 25.2 Å². The van der Waals surface area contributed by atoms with E-state index in [1.165, 1.54) is 12.8 Å². The summed E-state index contributed by atoms with van der Waals surface area (Å²) in [5.41, 5.74) is 0.930. The Kier molecular flexibility index (Phi) is 2.96. The summed E-state index contributed by atoms with van der Waals surface area (Å²) in [6, 6.07) is 7.78. The minimum atomic E-state index is 0.0489. The summed E-state index contributed by atoms with van der Waals surface area (Å²) in [6.07, 6.45) is 3.64. The number of para-hydroxylation sites is 1.